The van der Waals surface area contributed by atoms with Crippen molar-refractivity contribution in [3.8, 4) is 0 Å². The molecule has 15 heavy (non-hydrogen) atoms. The Labute approximate surface area is 89.7 Å². The van der Waals surface area contributed by atoms with E-state index in [0.29, 0.717) is 5.15 Å². The average Bonchev–Trinajstić information content (AvgIpc) is 2.54. The van der Waals surface area contributed by atoms with Gasteiger partial charge in [0.15, 0.2) is 5.43 Å². The number of H-pyrrole nitrogens is 2. The van der Waals surface area contributed by atoms with Gasteiger partial charge in [-0.1, -0.05) is 11.6 Å². The number of aromatic amines is 2. The molecular formula is C11H7ClN2O. The molecule has 2 aromatic heterocycles. The number of halogens is 1. The van der Waals surface area contributed by atoms with E-state index in [1.165, 1.54) is 0 Å². The summed E-state index contributed by atoms with van der Waals surface area (Å²) in [4.78, 5) is 17.2. The highest BCUT2D eigenvalue weighted by Gasteiger charge is 2.04. The second-order valence-electron chi connectivity index (χ2n) is 3.44. The van der Waals surface area contributed by atoms with Crippen molar-refractivity contribution in [1.29, 1.82) is 0 Å². The molecule has 0 radical (unpaired) electrons. The maximum atomic E-state index is 11.2. The van der Waals surface area contributed by atoms with Crippen LogP contribution < -0.4 is 5.43 Å². The van der Waals surface area contributed by atoms with Gasteiger partial charge >= 0.3 is 0 Å². The van der Waals surface area contributed by atoms with Crippen LogP contribution in [0, 0.1) is 0 Å². The van der Waals surface area contributed by atoms with Gasteiger partial charge in [0.05, 0.1) is 11.0 Å². The van der Waals surface area contributed by atoms with Gasteiger partial charge in [-0.25, -0.2) is 0 Å². The summed E-state index contributed by atoms with van der Waals surface area (Å²) >= 11 is 5.88. The highest BCUT2D eigenvalue weighted by atomic mass is 35.5. The van der Waals surface area contributed by atoms with Crippen LogP contribution in [-0.4, -0.2) is 9.97 Å². The fourth-order valence-corrected chi connectivity index (χ4v) is 1.96. The summed E-state index contributed by atoms with van der Waals surface area (Å²) in [6.07, 6.45) is 1.79. The van der Waals surface area contributed by atoms with Crippen LogP contribution in [0.4, 0.5) is 0 Å². The quantitative estimate of drug-likeness (QED) is 0.560. The number of hydrogen-bond donors (Lipinski definition) is 2. The molecule has 1 aromatic carbocycles. The molecule has 0 saturated heterocycles. The summed E-state index contributed by atoms with van der Waals surface area (Å²) in [5, 5.41) is 2.61. The van der Waals surface area contributed by atoms with Gasteiger partial charge < -0.3 is 9.97 Å². The van der Waals surface area contributed by atoms with E-state index in [0.717, 1.165) is 21.8 Å². The molecule has 3 nitrogen and oxygen atoms in total. The number of rotatable bonds is 0. The standard InChI is InChI=1S/C11H7ClN2O/c12-11-4-8-7-2-1-6(15)3-9(7)14-10(8)5-13-11/h1-5,13-14H. The van der Waals surface area contributed by atoms with E-state index in [9.17, 15) is 4.79 Å². The largest absolute Gasteiger partial charge is 0.353 e. The van der Waals surface area contributed by atoms with Crippen molar-refractivity contribution in [2.45, 2.75) is 0 Å². The maximum absolute atomic E-state index is 11.2. The zero-order valence-corrected chi connectivity index (χ0v) is 8.43. The number of hydrogen-bond acceptors (Lipinski definition) is 1. The van der Waals surface area contributed by atoms with Gasteiger partial charge in [-0.2, -0.15) is 0 Å². The van der Waals surface area contributed by atoms with Gasteiger partial charge in [0.25, 0.3) is 0 Å². The Hall–Kier alpha value is -1.74. The molecule has 2 N–H and O–H groups in total. The fraction of sp³-hybridized carbons (Fsp3) is 0. The predicted molar refractivity (Wildman–Crippen MR) is 61.4 cm³/mol. The summed E-state index contributed by atoms with van der Waals surface area (Å²) < 4.78 is 0. The molecule has 0 aliphatic rings. The summed E-state index contributed by atoms with van der Waals surface area (Å²) in [7, 11) is 0. The number of aromatic nitrogens is 2. The van der Waals surface area contributed by atoms with Gasteiger partial charge in [-0.05, 0) is 18.2 Å². The summed E-state index contributed by atoms with van der Waals surface area (Å²) in [6, 6.07) is 6.80. The molecule has 74 valence electrons. The van der Waals surface area contributed by atoms with Crippen LogP contribution in [0.25, 0.3) is 21.8 Å². The molecule has 3 rings (SSSR count). The van der Waals surface area contributed by atoms with Crippen LogP contribution >= 0.6 is 11.6 Å². The van der Waals surface area contributed by atoms with Gasteiger partial charge in [0.2, 0.25) is 0 Å². The third-order valence-corrected chi connectivity index (χ3v) is 2.68. The summed E-state index contributed by atoms with van der Waals surface area (Å²) in [5.74, 6) is 0. The third kappa shape index (κ3) is 1.24. The van der Waals surface area contributed by atoms with Crippen LogP contribution in [0.5, 0.6) is 0 Å². The topological polar surface area (TPSA) is 48.6 Å². The number of nitrogens with one attached hydrogen (secondary N) is 2. The van der Waals surface area contributed by atoms with E-state index in [2.05, 4.69) is 9.97 Å². The van der Waals surface area contributed by atoms with Gasteiger partial charge in [-0.15, -0.1) is 0 Å². The van der Waals surface area contributed by atoms with Crippen LogP contribution in [0.3, 0.4) is 0 Å². The minimum atomic E-state index is 0.00383. The number of pyridine rings is 1. The van der Waals surface area contributed by atoms with E-state index >= 15 is 0 Å². The lowest BCUT2D eigenvalue weighted by molar-refractivity contribution is 1.35. The zero-order valence-electron chi connectivity index (χ0n) is 7.67. The molecule has 0 bridgehead atoms. The van der Waals surface area contributed by atoms with Crippen molar-refractivity contribution < 1.29 is 0 Å². The Kier molecular flexibility index (Phi) is 1.64. The van der Waals surface area contributed by atoms with Gasteiger partial charge in [0.1, 0.15) is 5.15 Å². The van der Waals surface area contributed by atoms with Crippen molar-refractivity contribution in [2.24, 2.45) is 0 Å². The Morgan fingerprint density at radius 3 is 2.80 bits per heavy atom. The number of benzene rings is 1. The van der Waals surface area contributed by atoms with Gasteiger partial charge in [-0.3, -0.25) is 4.79 Å². The lowest BCUT2D eigenvalue weighted by Crippen LogP contribution is -1.93. The minimum Gasteiger partial charge on any atom is -0.353 e. The predicted octanol–water partition coefficient (Wildman–Crippen LogP) is 2.66. The molecule has 0 aliphatic carbocycles. The van der Waals surface area contributed by atoms with E-state index in [-0.39, 0.29) is 5.43 Å². The minimum absolute atomic E-state index is 0.00383. The van der Waals surface area contributed by atoms with Crippen LogP contribution in [0.2, 0.25) is 5.15 Å². The van der Waals surface area contributed by atoms with Crippen molar-refractivity contribution in [1.82, 2.24) is 9.97 Å². The number of fused-ring (bicyclic) bond motifs is 3. The van der Waals surface area contributed by atoms with E-state index in [4.69, 9.17) is 11.6 Å². The molecular weight excluding hydrogens is 212 g/mol. The molecule has 3 aromatic rings. The van der Waals surface area contributed by atoms with Crippen molar-refractivity contribution in [3.05, 3.63) is 45.8 Å². The molecule has 0 unspecified atom stereocenters. The first-order valence-corrected chi connectivity index (χ1v) is 4.91. The lowest BCUT2D eigenvalue weighted by Gasteiger charge is -1.92. The smallest absolute Gasteiger partial charge is 0.180 e. The van der Waals surface area contributed by atoms with Crippen molar-refractivity contribution in [3.63, 3.8) is 0 Å². The Bertz CT molecular complexity index is 711. The molecule has 4 heteroatoms. The molecule has 0 fully saturated rings. The summed E-state index contributed by atoms with van der Waals surface area (Å²) in [5.41, 5.74) is 1.79. The fourth-order valence-electron chi connectivity index (χ4n) is 1.80. The van der Waals surface area contributed by atoms with Crippen molar-refractivity contribution in [2.75, 3.05) is 0 Å². The zero-order chi connectivity index (χ0) is 10.4. The van der Waals surface area contributed by atoms with Crippen molar-refractivity contribution >= 4 is 33.4 Å². The van der Waals surface area contributed by atoms with E-state index < -0.39 is 0 Å². The van der Waals surface area contributed by atoms with Crippen LogP contribution in [-0.2, 0) is 0 Å². The molecule has 2 heterocycles. The first-order chi connectivity index (χ1) is 7.24. The Balaban J connectivity index is 2.58. The highest BCUT2D eigenvalue weighted by Crippen LogP contribution is 2.25. The SMILES string of the molecule is O=c1ccc2c(c1)[nH]c1c[nH]c(Cl)cc12. The lowest BCUT2D eigenvalue weighted by atomic mass is 10.2. The average molecular weight is 219 g/mol. The first-order valence-electron chi connectivity index (χ1n) is 4.54. The maximum Gasteiger partial charge on any atom is 0.180 e. The monoisotopic (exact) mass is 218 g/mol. The third-order valence-electron chi connectivity index (χ3n) is 2.47. The molecule has 0 amide bonds. The molecule has 0 atom stereocenters. The van der Waals surface area contributed by atoms with E-state index in [1.807, 2.05) is 12.1 Å². The normalized spacial score (nSPS) is 11.3. The van der Waals surface area contributed by atoms with Gasteiger partial charge in [0, 0.05) is 23.0 Å². The van der Waals surface area contributed by atoms with Crippen LogP contribution in [0.1, 0.15) is 0 Å². The van der Waals surface area contributed by atoms with Crippen LogP contribution in [0.15, 0.2) is 35.3 Å². The molecule has 0 spiro atoms. The Morgan fingerprint density at radius 1 is 1.07 bits per heavy atom. The summed E-state index contributed by atoms with van der Waals surface area (Å²) in [6.45, 7) is 0. The highest BCUT2D eigenvalue weighted by molar-refractivity contribution is 6.30. The molecule has 0 saturated carbocycles. The first kappa shape index (κ1) is 8.56. The Morgan fingerprint density at radius 2 is 1.93 bits per heavy atom. The second kappa shape index (κ2) is 2.87. The molecule has 0 aliphatic heterocycles. The second-order valence-corrected chi connectivity index (χ2v) is 3.85. The van der Waals surface area contributed by atoms with E-state index in [1.54, 1.807) is 18.3 Å².